The number of rotatable bonds is 6. The van der Waals surface area contributed by atoms with E-state index in [4.69, 9.17) is 13.9 Å². The number of carbonyl (C=O) groups excluding carboxylic acids is 1. The number of fused-ring (bicyclic) bond motifs is 1. The predicted molar refractivity (Wildman–Crippen MR) is 112 cm³/mol. The number of carbonyl (C=O) groups is 1. The maximum Gasteiger partial charge on any atom is 0.277 e. The molecule has 1 aliphatic rings. The van der Waals surface area contributed by atoms with E-state index in [-0.39, 0.29) is 17.7 Å². The van der Waals surface area contributed by atoms with Gasteiger partial charge in [0.25, 0.3) is 5.22 Å². The number of nitrogens with one attached hydrogen (secondary N) is 1. The first-order valence-electron chi connectivity index (χ1n) is 8.95. The van der Waals surface area contributed by atoms with Crippen molar-refractivity contribution in [3.8, 4) is 23.0 Å². The third-order valence-electron chi connectivity index (χ3n) is 4.42. The molecule has 0 saturated carbocycles. The zero-order chi connectivity index (χ0) is 20.2. The molecule has 7 nitrogen and oxygen atoms in total. The molecular weight excluding hydrogens is 458 g/mol. The molecule has 150 valence electrons. The van der Waals surface area contributed by atoms with Crippen molar-refractivity contribution in [2.24, 2.45) is 0 Å². The molecular formula is C20H18BrN3O4S. The Morgan fingerprint density at radius 3 is 2.90 bits per heavy atom. The van der Waals surface area contributed by atoms with Gasteiger partial charge in [-0.05, 0) is 42.5 Å². The zero-order valence-corrected chi connectivity index (χ0v) is 18.0. The first kappa shape index (κ1) is 19.8. The lowest BCUT2D eigenvalue weighted by molar-refractivity contribution is -0.119. The molecule has 3 aromatic rings. The topological polar surface area (TPSA) is 86.5 Å². The van der Waals surface area contributed by atoms with Crippen LogP contribution in [0, 0.1) is 0 Å². The first-order chi connectivity index (χ1) is 14.1. The van der Waals surface area contributed by atoms with Crippen molar-refractivity contribution in [1.29, 1.82) is 0 Å². The molecule has 1 amide bonds. The molecule has 0 bridgehead atoms. The Labute approximate surface area is 180 Å². The van der Waals surface area contributed by atoms with Crippen LogP contribution in [0.4, 0.5) is 0 Å². The number of thioether (sulfide) groups is 1. The van der Waals surface area contributed by atoms with E-state index in [1.54, 1.807) is 7.11 Å². The van der Waals surface area contributed by atoms with Gasteiger partial charge in [0, 0.05) is 22.0 Å². The lowest BCUT2D eigenvalue weighted by Gasteiger charge is -2.26. The molecule has 0 radical (unpaired) electrons. The largest absolute Gasteiger partial charge is 0.497 e. The Hall–Kier alpha value is -2.52. The van der Waals surface area contributed by atoms with Crippen LogP contribution in [0.25, 0.3) is 11.5 Å². The SMILES string of the molecule is COc1ccc(-c2nnc(SCC(=O)NC3CCOc4ccc(Br)cc43)o2)cc1. The quantitative estimate of drug-likeness (QED) is 0.533. The summed E-state index contributed by atoms with van der Waals surface area (Å²) in [4.78, 5) is 12.4. The number of amides is 1. The number of hydrogen-bond donors (Lipinski definition) is 1. The van der Waals surface area contributed by atoms with Crippen LogP contribution < -0.4 is 14.8 Å². The summed E-state index contributed by atoms with van der Waals surface area (Å²) in [5.74, 6) is 2.04. The van der Waals surface area contributed by atoms with Crippen LogP contribution in [-0.4, -0.2) is 35.6 Å². The van der Waals surface area contributed by atoms with Gasteiger partial charge >= 0.3 is 0 Å². The summed E-state index contributed by atoms with van der Waals surface area (Å²) in [6, 6.07) is 13.1. The Kier molecular flexibility index (Phi) is 6.05. The standard InChI is InChI=1S/C20H18BrN3O4S/c1-26-14-5-2-12(3-6-14)19-23-24-20(28-19)29-11-18(25)22-16-8-9-27-17-7-4-13(21)10-15(16)17/h2-7,10,16H,8-9,11H2,1H3,(H,22,25). The molecule has 0 spiro atoms. The Balaban J connectivity index is 1.35. The second-order valence-corrected chi connectivity index (χ2v) is 8.17. The summed E-state index contributed by atoms with van der Waals surface area (Å²) in [6.07, 6.45) is 0.724. The molecule has 4 rings (SSSR count). The smallest absolute Gasteiger partial charge is 0.277 e. The average molecular weight is 476 g/mol. The van der Waals surface area contributed by atoms with Gasteiger partial charge in [0.2, 0.25) is 11.8 Å². The number of aromatic nitrogens is 2. The molecule has 0 aliphatic carbocycles. The molecule has 1 aliphatic heterocycles. The van der Waals surface area contributed by atoms with Crippen LogP contribution in [0.1, 0.15) is 18.0 Å². The van der Waals surface area contributed by atoms with Gasteiger partial charge in [0.05, 0.1) is 25.5 Å². The van der Waals surface area contributed by atoms with Crippen molar-refractivity contribution in [2.45, 2.75) is 17.7 Å². The van der Waals surface area contributed by atoms with Crippen LogP contribution in [-0.2, 0) is 4.79 Å². The van der Waals surface area contributed by atoms with E-state index in [1.807, 2.05) is 42.5 Å². The maximum absolute atomic E-state index is 12.4. The molecule has 0 fully saturated rings. The Morgan fingerprint density at radius 2 is 2.10 bits per heavy atom. The molecule has 1 atom stereocenters. The second kappa shape index (κ2) is 8.87. The highest BCUT2D eigenvalue weighted by molar-refractivity contribution is 9.10. The summed E-state index contributed by atoms with van der Waals surface area (Å²) in [7, 11) is 1.61. The number of hydrogen-bond acceptors (Lipinski definition) is 7. The summed E-state index contributed by atoms with van der Waals surface area (Å²) in [5, 5.41) is 11.5. The number of halogens is 1. The van der Waals surface area contributed by atoms with E-state index in [0.717, 1.165) is 33.5 Å². The highest BCUT2D eigenvalue weighted by Crippen LogP contribution is 2.34. The van der Waals surface area contributed by atoms with E-state index in [1.165, 1.54) is 11.8 Å². The van der Waals surface area contributed by atoms with Crippen molar-refractivity contribution in [3.63, 3.8) is 0 Å². The fourth-order valence-electron chi connectivity index (χ4n) is 3.00. The van der Waals surface area contributed by atoms with Crippen molar-refractivity contribution in [1.82, 2.24) is 15.5 Å². The predicted octanol–water partition coefficient (Wildman–Crippen LogP) is 4.24. The van der Waals surface area contributed by atoms with Gasteiger partial charge in [-0.2, -0.15) is 0 Å². The van der Waals surface area contributed by atoms with E-state index in [0.29, 0.717) is 17.7 Å². The van der Waals surface area contributed by atoms with Crippen LogP contribution in [0.5, 0.6) is 11.5 Å². The van der Waals surface area contributed by atoms with Gasteiger partial charge in [-0.1, -0.05) is 27.7 Å². The maximum atomic E-state index is 12.4. The Bertz CT molecular complexity index is 1010. The Morgan fingerprint density at radius 1 is 1.28 bits per heavy atom. The average Bonchev–Trinajstić information content (AvgIpc) is 3.22. The van der Waals surface area contributed by atoms with E-state index >= 15 is 0 Å². The molecule has 9 heteroatoms. The summed E-state index contributed by atoms with van der Waals surface area (Å²) >= 11 is 4.68. The monoisotopic (exact) mass is 475 g/mol. The van der Waals surface area contributed by atoms with Crippen molar-refractivity contribution in [2.75, 3.05) is 19.5 Å². The van der Waals surface area contributed by atoms with Gasteiger partial charge < -0.3 is 19.2 Å². The molecule has 1 aromatic heterocycles. The number of methoxy groups -OCH3 is 1. The minimum atomic E-state index is -0.1000. The van der Waals surface area contributed by atoms with Crippen molar-refractivity contribution < 1.29 is 18.7 Å². The van der Waals surface area contributed by atoms with Crippen molar-refractivity contribution >= 4 is 33.6 Å². The molecule has 1 N–H and O–H groups in total. The lowest BCUT2D eigenvalue weighted by Crippen LogP contribution is -2.33. The minimum absolute atomic E-state index is 0.0816. The first-order valence-corrected chi connectivity index (χ1v) is 10.7. The van der Waals surface area contributed by atoms with E-state index < -0.39 is 0 Å². The van der Waals surface area contributed by atoms with Gasteiger partial charge in [0.15, 0.2) is 0 Å². The normalized spacial score (nSPS) is 15.3. The summed E-state index contributed by atoms with van der Waals surface area (Å²) in [6.45, 7) is 0.571. The van der Waals surface area contributed by atoms with Crippen LogP contribution in [0.2, 0.25) is 0 Å². The van der Waals surface area contributed by atoms with Gasteiger partial charge in [-0.15, -0.1) is 10.2 Å². The zero-order valence-electron chi connectivity index (χ0n) is 15.6. The fourth-order valence-corrected chi connectivity index (χ4v) is 3.95. The van der Waals surface area contributed by atoms with Crippen molar-refractivity contribution in [3.05, 3.63) is 52.5 Å². The molecule has 1 unspecified atom stereocenters. The summed E-state index contributed by atoms with van der Waals surface area (Å²) in [5.41, 5.74) is 1.77. The minimum Gasteiger partial charge on any atom is -0.497 e. The van der Waals surface area contributed by atoms with Crippen LogP contribution in [0.3, 0.4) is 0 Å². The van der Waals surface area contributed by atoms with Gasteiger partial charge in [-0.25, -0.2) is 0 Å². The van der Waals surface area contributed by atoms with Crippen LogP contribution in [0.15, 0.2) is 56.6 Å². The van der Waals surface area contributed by atoms with Gasteiger partial charge in [0.1, 0.15) is 11.5 Å². The second-order valence-electron chi connectivity index (χ2n) is 6.33. The third kappa shape index (κ3) is 4.73. The number of nitrogens with zero attached hydrogens (tertiary/aromatic N) is 2. The fraction of sp³-hybridized carbons (Fsp3) is 0.250. The number of benzene rings is 2. The highest BCUT2D eigenvalue weighted by Gasteiger charge is 2.23. The molecule has 29 heavy (non-hydrogen) atoms. The highest BCUT2D eigenvalue weighted by atomic mass is 79.9. The lowest BCUT2D eigenvalue weighted by atomic mass is 10.0. The third-order valence-corrected chi connectivity index (χ3v) is 5.73. The molecule has 2 aromatic carbocycles. The van der Waals surface area contributed by atoms with Gasteiger partial charge in [-0.3, -0.25) is 4.79 Å². The number of ether oxygens (including phenoxy) is 2. The summed E-state index contributed by atoms with van der Waals surface area (Å²) < 4.78 is 17.4. The van der Waals surface area contributed by atoms with Crippen LogP contribution >= 0.6 is 27.7 Å². The molecule has 2 heterocycles. The molecule has 0 saturated heterocycles. The van der Waals surface area contributed by atoms with E-state index in [9.17, 15) is 4.79 Å². The van der Waals surface area contributed by atoms with E-state index in [2.05, 4.69) is 31.4 Å².